The van der Waals surface area contributed by atoms with Gasteiger partial charge in [0.1, 0.15) is 5.82 Å². The first-order chi connectivity index (χ1) is 9.63. The molecule has 1 aliphatic carbocycles. The van der Waals surface area contributed by atoms with E-state index in [4.69, 9.17) is 0 Å². The van der Waals surface area contributed by atoms with Gasteiger partial charge in [0.05, 0.1) is 5.69 Å². The van der Waals surface area contributed by atoms with E-state index in [2.05, 4.69) is 33.1 Å². The number of nitrogens with zero attached hydrogens (tertiary/aromatic N) is 1. The van der Waals surface area contributed by atoms with Crippen molar-refractivity contribution in [3.8, 4) is 0 Å². The van der Waals surface area contributed by atoms with Crippen LogP contribution in [0.25, 0.3) is 0 Å². The molecule has 0 radical (unpaired) electrons. The lowest BCUT2D eigenvalue weighted by atomic mass is 9.91. The van der Waals surface area contributed by atoms with E-state index < -0.39 is 0 Å². The normalized spacial score (nSPS) is 25.4. The topological polar surface area (TPSA) is 15.3 Å². The quantitative estimate of drug-likeness (QED) is 0.872. The van der Waals surface area contributed by atoms with Gasteiger partial charge in [0.2, 0.25) is 0 Å². The second-order valence-corrected chi connectivity index (χ2v) is 7.07. The zero-order valence-corrected chi connectivity index (χ0v) is 13.5. The van der Waals surface area contributed by atoms with Gasteiger partial charge >= 0.3 is 0 Å². The highest BCUT2D eigenvalue weighted by Gasteiger charge is 2.41. The summed E-state index contributed by atoms with van der Waals surface area (Å²) in [4.78, 5) is 2.29. The highest BCUT2D eigenvalue weighted by Crippen LogP contribution is 2.37. The van der Waals surface area contributed by atoms with E-state index in [-0.39, 0.29) is 11.4 Å². The van der Waals surface area contributed by atoms with Crippen molar-refractivity contribution < 1.29 is 4.39 Å². The van der Waals surface area contributed by atoms with Crippen molar-refractivity contribution in [3.05, 3.63) is 28.5 Å². The van der Waals surface area contributed by atoms with E-state index in [0.29, 0.717) is 6.04 Å². The van der Waals surface area contributed by atoms with Crippen LogP contribution in [0.1, 0.15) is 39.0 Å². The Kier molecular flexibility index (Phi) is 4.04. The van der Waals surface area contributed by atoms with Crippen LogP contribution in [0, 0.1) is 5.82 Å². The van der Waals surface area contributed by atoms with Gasteiger partial charge in [0.15, 0.2) is 0 Å². The molecule has 1 saturated heterocycles. The van der Waals surface area contributed by atoms with Crippen LogP contribution in [0.3, 0.4) is 0 Å². The Balaban J connectivity index is 1.92. The lowest BCUT2D eigenvalue weighted by Crippen LogP contribution is -2.63. The molecular formula is C16H22BrFN2. The highest BCUT2D eigenvalue weighted by molar-refractivity contribution is 9.10. The van der Waals surface area contributed by atoms with Gasteiger partial charge in [-0.3, -0.25) is 0 Å². The second kappa shape index (κ2) is 5.64. The van der Waals surface area contributed by atoms with Crippen LogP contribution in [0.4, 0.5) is 10.1 Å². The summed E-state index contributed by atoms with van der Waals surface area (Å²) in [6.45, 7) is 4.07. The first-order valence-corrected chi connectivity index (χ1v) is 8.39. The lowest BCUT2D eigenvalue weighted by Gasteiger charge is -2.47. The number of hydrogen-bond donors (Lipinski definition) is 1. The van der Waals surface area contributed by atoms with Crippen LogP contribution >= 0.6 is 15.9 Å². The zero-order valence-electron chi connectivity index (χ0n) is 12.0. The average Bonchev–Trinajstić information content (AvgIpc) is 2.90. The predicted molar refractivity (Wildman–Crippen MR) is 84.7 cm³/mol. The highest BCUT2D eigenvalue weighted by atomic mass is 79.9. The molecule has 1 aliphatic heterocycles. The smallest absolute Gasteiger partial charge is 0.146 e. The van der Waals surface area contributed by atoms with Crippen molar-refractivity contribution >= 4 is 21.6 Å². The minimum Gasteiger partial charge on any atom is -0.363 e. The molecule has 1 atom stereocenters. The fraction of sp³-hybridized carbons (Fsp3) is 0.625. The Morgan fingerprint density at radius 3 is 2.85 bits per heavy atom. The lowest BCUT2D eigenvalue weighted by molar-refractivity contribution is 0.266. The van der Waals surface area contributed by atoms with Crippen LogP contribution in [0.15, 0.2) is 22.7 Å². The Labute approximate surface area is 128 Å². The molecule has 1 unspecified atom stereocenters. The Morgan fingerprint density at radius 2 is 2.15 bits per heavy atom. The molecule has 4 heteroatoms. The van der Waals surface area contributed by atoms with Crippen LogP contribution < -0.4 is 10.2 Å². The molecule has 1 heterocycles. The largest absolute Gasteiger partial charge is 0.363 e. The number of rotatable bonds is 2. The molecule has 0 amide bonds. The molecule has 1 aromatic rings. The summed E-state index contributed by atoms with van der Waals surface area (Å²) in [5.74, 6) is -0.110. The van der Waals surface area contributed by atoms with Crippen molar-refractivity contribution in [2.24, 2.45) is 0 Å². The van der Waals surface area contributed by atoms with Crippen molar-refractivity contribution in [2.75, 3.05) is 18.0 Å². The van der Waals surface area contributed by atoms with Gasteiger partial charge in [-0.05, 0) is 37.5 Å². The molecule has 20 heavy (non-hydrogen) atoms. The van der Waals surface area contributed by atoms with Crippen molar-refractivity contribution in [1.29, 1.82) is 0 Å². The number of halogens is 2. The van der Waals surface area contributed by atoms with E-state index in [0.717, 1.165) is 29.7 Å². The Morgan fingerprint density at radius 1 is 1.40 bits per heavy atom. The summed E-state index contributed by atoms with van der Waals surface area (Å²) in [6.07, 6.45) is 6.05. The van der Waals surface area contributed by atoms with Gasteiger partial charge in [0, 0.05) is 29.1 Å². The monoisotopic (exact) mass is 340 g/mol. The van der Waals surface area contributed by atoms with E-state index in [1.165, 1.54) is 25.7 Å². The average molecular weight is 341 g/mol. The van der Waals surface area contributed by atoms with Gasteiger partial charge < -0.3 is 10.2 Å². The molecule has 0 bridgehead atoms. The van der Waals surface area contributed by atoms with Crippen molar-refractivity contribution in [1.82, 2.24) is 5.32 Å². The fourth-order valence-corrected chi connectivity index (χ4v) is 4.04. The number of nitrogens with one attached hydrogen (secondary N) is 1. The number of anilines is 1. The van der Waals surface area contributed by atoms with Gasteiger partial charge in [0.25, 0.3) is 0 Å². The van der Waals surface area contributed by atoms with Gasteiger partial charge in [-0.2, -0.15) is 0 Å². The third-order valence-electron chi connectivity index (χ3n) is 4.88. The van der Waals surface area contributed by atoms with Crippen molar-refractivity contribution in [2.45, 2.75) is 50.6 Å². The molecule has 2 fully saturated rings. The molecule has 1 spiro atoms. The van der Waals surface area contributed by atoms with E-state index in [1.807, 2.05) is 6.07 Å². The molecule has 2 aliphatic rings. The summed E-state index contributed by atoms with van der Waals surface area (Å²) in [5.41, 5.74) is 0.958. The standard InChI is InChI=1S/C16H22BrFN2/c1-2-13-10-19-16(7-3-4-8-16)11-20(13)15-9-12(17)5-6-14(15)18/h5-6,9,13,19H,2-4,7-8,10-11H2,1H3. The zero-order chi connectivity index (χ0) is 14.2. The molecule has 0 aromatic heterocycles. The number of benzene rings is 1. The van der Waals surface area contributed by atoms with E-state index >= 15 is 0 Å². The summed E-state index contributed by atoms with van der Waals surface area (Å²) in [7, 11) is 0. The minimum absolute atomic E-state index is 0.110. The van der Waals surface area contributed by atoms with Crippen LogP contribution in [0.5, 0.6) is 0 Å². The Hall–Kier alpha value is -0.610. The van der Waals surface area contributed by atoms with Crippen LogP contribution in [-0.2, 0) is 0 Å². The minimum atomic E-state index is -0.110. The summed E-state index contributed by atoms with van der Waals surface area (Å²) in [5, 5.41) is 3.75. The molecule has 1 N–H and O–H groups in total. The van der Waals surface area contributed by atoms with E-state index in [9.17, 15) is 4.39 Å². The maximum Gasteiger partial charge on any atom is 0.146 e. The second-order valence-electron chi connectivity index (χ2n) is 6.15. The van der Waals surface area contributed by atoms with Crippen molar-refractivity contribution in [3.63, 3.8) is 0 Å². The predicted octanol–water partition coefficient (Wildman–Crippen LogP) is 4.09. The number of hydrogen-bond acceptors (Lipinski definition) is 2. The summed E-state index contributed by atoms with van der Waals surface area (Å²) < 4.78 is 15.2. The van der Waals surface area contributed by atoms with Crippen LogP contribution in [-0.4, -0.2) is 24.7 Å². The van der Waals surface area contributed by atoms with Crippen LogP contribution in [0.2, 0.25) is 0 Å². The maximum absolute atomic E-state index is 14.3. The summed E-state index contributed by atoms with van der Waals surface area (Å²) >= 11 is 3.47. The third-order valence-corrected chi connectivity index (χ3v) is 5.37. The van der Waals surface area contributed by atoms with Gasteiger partial charge in [-0.15, -0.1) is 0 Å². The molecule has 1 saturated carbocycles. The Bertz CT molecular complexity index is 485. The first kappa shape index (κ1) is 14.3. The fourth-order valence-electron chi connectivity index (χ4n) is 3.69. The molecule has 1 aromatic carbocycles. The molecule has 2 nitrogen and oxygen atoms in total. The molecular weight excluding hydrogens is 319 g/mol. The summed E-state index contributed by atoms with van der Waals surface area (Å²) in [6, 6.07) is 5.64. The van der Waals surface area contributed by atoms with E-state index in [1.54, 1.807) is 12.1 Å². The number of piperazine rings is 1. The molecule has 110 valence electrons. The third kappa shape index (κ3) is 2.60. The van der Waals surface area contributed by atoms with Gasteiger partial charge in [-0.1, -0.05) is 35.7 Å². The molecule has 3 rings (SSSR count). The maximum atomic E-state index is 14.3. The van der Waals surface area contributed by atoms with Gasteiger partial charge in [-0.25, -0.2) is 4.39 Å². The SMILES string of the molecule is CCC1CNC2(CCCC2)CN1c1cc(Br)ccc1F. The first-order valence-electron chi connectivity index (χ1n) is 7.60.